The number of ether oxygens (including phenoxy) is 3. The lowest BCUT2D eigenvalue weighted by molar-refractivity contribution is -0.124. The van der Waals surface area contributed by atoms with Crippen LogP contribution in [0.1, 0.15) is 23.2 Å². The highest BCUT2D eigenvalue weighted by Crippen LogP contribution is 2.30. The number of carbonyl (C=O) groups is 3. The number of rotatable bonds is 6. The zero-order chi connectivity index (χ0) is 20.9. The van der Waals surface area contributed by atoms with Gasteiger partial charge in [-0.3, -0.25) is 9.59 Å². The zero-order valence-corrected chi connectivity index (χ0v) is 16.3. The molecular weight excluding hydrogens is 388 g/mol. The van der Waals surface area contributed by atoms with Crippen LogP contribution in [0.5, 0.6) is 11.5 Å². The van der Waals surface area contributed by atoms with E-state index >= 15 is 0 Å². The number of benzene rings is 2. The molecule has 0 radical (unpaired) electrons. The fourth-order valence-corrected chi connectivity index (χ4v) is 3.38. The van der Waals surface area contributed by atoms with E-state index in [0.717, 1.165) is 6.42 Å². The molecule has 156 valence electrons. The Morgan fingerprint density at radius 1 is 1.13 bits per heavy atom. The molecule has 2 aromatic carbocycles. The van der Waals surface area contributed by atoms with Crippen molar-refractivity contribution in [1.82, 2.24) is 5.32 Å². The van der Waals surface area contributed by atoms with Gasteiger partial charge in [-0.05, 0) is 36.8 Å². The highest BCUT2D eigenvalue weighted by molar-refractivity contribution is 5.97. The highest BCUT2D eigenvalue weighted by Gasteiger charge is 2.23. The molecule has 0 aliphatic carbocycles. The van der Waals surface area contributed by atoms with E-state index in [-0.39, 0.29) is 18.6 Å². The molecule has 1 saturated heterocycles. The van der Waals surface area contributed by atoms with E-state index < -0.39 is 18.5 Å². The summed E-state index contributed by atoms with van der Waals surface area (Å²) in [4.78, 5) is 37.9. The topological polar surface area (TPSA) is 94.2 Å². The first kappa shape index (κ1) is 19.8. The van der Waals surface area contributed by atoms with Crippen molar-refractivity contribution in [2.45, 2.75) is 18.9 Å². The summed E-state index contributed by atoms with van der Waals surface area (Å²) in [6, 6.07) is 14.0. The Morgan fingerprint density at radius 2 is 1.97 bits per heavy atom. The molecule has 0 unspecified atom stereocenters. The lowest BCUT2D eigenvalue weighted by Crippen LogP contribution is -2.42. The molecule has 2 amide bonds. The van der Waals surface area contributed by atoms with E-state index in [1.807, 2.05) is 18.2 Å². The summed E-state index contributed by atoms with van der Waals surface area (Å²) in [6.07, 6.45) is 0.986. The number of esters is 1. The highest BCUT2D eigenvalue weighted by atomic mass is 16.6. The van der Waals surface area contributed by atoms with E-state index in [9.17, 15) is 14.4 Å². The maximum Gasteiger partial charge on any atom is 0.338 e. The minimum absolute atomic E-state index is 0.0384. The fourth-order valence-electron chi connectivity index (χ4n) is 3.38. The molecule has 8 nitrogen and oxygen atoms in total. The molecule has 0 bridgehead atoms. The summed E-state index contributed by atoms with van der Waals surface area (Å²) in [5, 5.41) is 2.68. The summed E-state index contributed by atoms with van der Waals surface area (Å²) in [5.74, 6) is 0.288. The normalized spacial score (nSPS) is 17.5. The second-order valence-corrected chi connectivity index (χ2v) is 7.08. The van der Waals surface area contributed by atoms with Crippen molar-refractivity contribution in [3.05, 3.63) is 54.1 Å². The third kappa shape index (κ3) is 4.53. The Bertz CT molecular complexity index is 960. The van der Waals surface area contributed by atoms with Crippen LogP contribution in [-0.2, 0) is 14.3 Å². The van der Waals surface area contributed by atoms with Gasteiger partial charge in [0.1, 0.15) is 12.7 Å². The van der Waals surface area contributed by atoms with Gasteiger partial charge in [-0.15, -0.1) is 0 Å². The first-order valence-electron chi connectivity index (χ1n) is 9.83. The van der Waals surface area contributed by atoms with Gasteiger partial charge in [-0.1, -0.05) is 18.2 Å². The predicted octanol–water partition coefficient (Wildman–Crippen LogP) is 1.93. The minimum atomic E-state index is -0.621. The SMILES string of the molecule is O=C(COC(=O)c1cccc(N2CCCC2=O)c1)NC[C@@H]1COc2ccccc2O1. The Labute approximate surface area is 173 Å². The molecule has 2 aliphatic rings. The van der Waals surface area contributed by atoms with Crippen LogP contribution in [0.25, 0.3) is 0 Å². The average Bonchev–Trinajstić information content (AvgIpc) is 3.21. The number of hydrogen-bond acceptors (Lipinski definition) is 6. The summed E-state index contributed by atoms with van der Waals surface area (Å²) in [6.45, 7) is 0.781. The second-order valence-electron chi connectivity index (χ2n) is 7.08. The van der Waals surface area contributed by atoms with Crippen LogP contribution in [0.15, 0.2) is 48.5 Å². The monoisotopic (exact) mass is 410 g/mol. The fraction of sp³-hybridized carbons (Fsp3) is 0.318. The van der Waals surface area contributed by atoms with Crippen LogP contribution in [0.4, 0.5) is 5.69 Å². The molecule has 30 heavy (non-hydrogen) atoms. The molecular formula is C22H22N2O6. The van der Waals surface area contributed by atoms with Crippen LogP contribution in [-0.4, -0.2) is 50.2 Å². The van der Waals surface area contributed by atoms with Crippen molar-refractivity contribution in [1.29, 1.82) is 0 Å². The van der Waals surface area contributed by atoms with Crippen molar-refractivity contribution in [3.63, 3.8) is 0 Å². The van der Waals surface area contributed by atoms with Gasteiger partial charge in [0.25, 0.3) is 5.91 Å². The van der Waals surface area contributed by atoms with Crippen LogP contribution in [0.3, 0.4) is 0 Å². The van der Waals surface area contributed by atoms with Gasteiger partial charge in [0.15, 0.2) is 18.1 Å². The Morgan fingerprint density at radius 3 is 2.77 bits per heavy atom. The summed E-state index contributed by atoms with van der Waals surface area (Å²) >= 11 is 0. The molecule has 1 N–H and O–H groups in total. The van der Waals surface area contributed by atoms with Gasteiger partial charge < -0.3 is 24.4 Å². The predicted molar refractivity (Wildman–Crippen MR) is 108 cm³/mol. The average molecular weight is 410 g/mol. The van der Waals surface area contributed by atoms with Crippen molar-refractivity contribution < 1.29 is 28.6 Å². The second kappa shape index (κ2) is 8.86. The number of carbonyl (C=O) groups excluding carboxylic acids is 3. The number of fused-ring (bicyclic) bond motifs is 1. The van der Waals surface area contributed by atoms with E-state index in [0.29, 0.717) is 42.3 Å². The smallest absolute Gasteiger partial charge is 0.338 e. The first-order chi connectivity index (χ1) is 14.6. The Hall–Kier alpha value is -3.55. The van der Waals surface area contributed by atoms with Gasteiger partial charge in [-0.2, -0.15) is 0 Å². The number of anilines is 1. The zero-order valence-electron chi connectivity index (χ0n) is 16.3. The van der Waals surface area contributed by atoms with Crippen molar-refractivity contribution in [2.24, 2.45) is 0 Å². The maximum absolute atomic E-state index is 12.3. The van der Waals surface area contributed by atoms with Crippen molar-refractivity contribution in [2.75, 3.05) is 31.2 Å². The Balaban J connectivity index is 1.24. The number of nitrogens with one attached hydrogen (secondary N) is 1. The van der Waals surface area contributed by atoms with Gasteiger partial charge in [0.2, 0.25) is 5.91 Å². The Kier molecular flexibility index (Phi) is 5.83. The standard InChI is InChI=1S/C22H22N2O6/c25-20(23-12-17-13-28-18-7-1-2-8-19(18)30-17)14-29-22(27)15-5-3-6-16(11-15)24-10-4-9-21(24)26/h1-3,5-8,11,17H,4,9-10,12-14H2,(H,23,25)/t17-/m1/s1. The van der Waals surface area contributed by atoms with Crippen molar-refractivity contribution >= 4 is 23.5 Å². The maximum atomic E-state index is 12.3. The number of para-hydroxylation sites is 2. The molecule has 0 aromatic heterocycles. The number of nitrogens with zero attached hydrogens (tertiary/aromatic N) is 1. The van der Waals surface area contributed by atoms with Crippen LogP contribution < -0.4 is 19.7 Å². The quantitative estimate of drug-likeness (QED) is 0.732. The van der Waals surface area contributed by atoms with E-state index in [4.69, 9.17) is 14.2 Å². The molecule has 0 saturated carbocycles. The van der Waals surface area contributed by atoms with Crippen LogP contribution in [0, 0.1) is 0 Å². The summed E-state index contributed by atoms with van der Waals surface area (Å²) in [5.41, 5.74) is 0.951. The lowest BCUT2D eigenvalue weighted by Gasteiger charge is -2.26. The van der Waals surface area contributed by atoms with Gasteiger partial charge in [0, 0.05) is 18.7 Å². The number of hydrogen-bond donors (Lipinski definition) is 1. The van der Waals surface area contributed by atoms with Crippen molar-refractivity contribution in [3.8, 4) is 11.5 Å². The first-order valence-corrected chi connectivity index (χ1v) is 9.83. The van der Waals surface area contributed by atoms with Gasteiger partial charge in [-0.25, -0.2) is 4.79 Å². The minimum Gasteiger partial charge on any atom is -0.486 e. The molecule has 1 fully saturated rings. The third-order valence-corrected chi connectivity index (χ3v) is 4.90. The van der Waals surface area contributed by atoms with E-state index in [2.05, 4.69) is 5.32 Å². The molecule has 4 rings (SSSR count). The van der Waals surface area contributed by atoms with Crippen LogP contribution in [0.2, 0.25) is 0 Å². The summed E-state index contributed by atoms with van der Waals surface area (Å²) < 4.78 is 16.5. The molecule has 2 heterocycles. The molecule has 8 heteroatoms. The number of amides is 2. The molecule has 0 spiro atoms. The van der Waals surface area contributed by atoms with E-state index in [1.165, 1.54) is 0 Å². The lowest BCUT2D eigenvalue weighted by atomic mass is 10.2. The summed E-state index contributed by atoms with van der Waals surface area (Å²) in [7, 11) is 0. The van der Waals surface area contributed by atoms with E-state index in [1.54, 1.807) is 35.2 Å². The molecule has 2 aromatic rings. The van der Waals surface area contributed by atoms with Gasteiger partial charge >= 0.3 is 5.97 Å². The van der Waals surface area contributed by atoms with Crippen LogP contribution >= 0.6 is 0 Å². The largest absolute Gasteiger partial charge is 0.486 e. The van der Waals surface area contributed by atoms with Gasteiger partial charge in [0.05, 0.1) is 12.1 Å². The molecule has 2 aliphatic heterocycles. The molecule has 1 atom stereocenters. The third-order valence-electron chi connectivity index (χ3n) is 4.90.